The summed E-state index contributed by atoms with van der Waals surface area (Å²) in [6.45, 7) is 3.98. The molecule has 0 spiro atoms. The summed E-state index contributed by atoms with van der Waals surface area (Å²) in [7, 11) is 0. The molecule has 134 valence electrons. The van der Waals surface area contributed by atoms with E-state index in [9.17, 15) is 14.9 Å². The molecule has 25 heavy (non-hydrogen) atoms. The summed E-state index contributed by atoms with van der Waals surface area (Å²) in [5.41, 5.74) is 8.34. The molecule has 2 heterocycles. The van der Waals surface area contributed by atoms with Crippen LogP contribution in [0.4, 0.5) is 11.4 Å². The fourth-order valence-corrected chi connectivity index (χ4v) is 3.08. The van der Waals surface area contributed by atoms with Gasteiger partial charge in [-0.2, -0.15) is 0 Å². The smallest absolute Gasteiger partial charge is 0.292 e. The van der Waals surface area contributed by atoms with E-state index in [0.29, 0.717) is 38.3 Å². The van der Waals surface area contributed by atoms with Gasteiger partial charge < -0.3 is 20.1 Å². The third kappa shape index (κ3) is 3.64. The van der Waals surface area contributed by atoms with E-state index in [2.05, 4.69) is 0 Å². The van der Waals surface area contributed by atoms with Gasteiger partial charge in [-0.3, -0.25) is 14.9 Å². The molecule has 3 rings (SSSR count). The van der Waals surface area contributed by atoms with Gasteiger partial charge in [0.2, 0.25) is 0 Å². The standard InChI is InChI=1S/C17H21N3O5/c1-11-8-13(9-14(16(11)18)20(22)23)12-2-4-19(5-3-12)17(21)15-10-24-6-7-25-15/h2,8-9,15H,3-7,10,18H2,1H3. The van der Waals surface area contributed by atoms with Crippen LogP contribution in [-0.4, -0.2) is 54.7 Å². The Labute approximate surface area is 145 Å². The van der Waals surface area contributed by atoms with Gasteiger partial charge in [-0.15, -0.1) is 0 Å². The van der Waals surface area contributed by atoms with Gasteiger partial charge >= 0.3 is 0 Å². The monoisotopic (exact) mass is 347 g/mol. The number of rotatable bonds is 3. The number of anilines is 1. The van der Waals surface area contributed by atoms with Crippen LogP contribution in [0.5, 0.6) is 0 Å². The summed E-state index contributed by atoms with van der Waals surface area (Å²) >= 11 is 0. The topological polar surface area (TPSA) is 108 Å². The van der Waals surface area contributed by atoms with Gasteiger partial charge in [0.1, 0.15) is 5.69 Å². The van der Waals surface area contributed by atoms with E-state index in [1.165, 1.54) is 6.07 Å². The zero-order valence-electron chi connectivity index (χ0n) is 14.1. The van der Waals surface area contributed by atoms with Crippen LogP contribution >= 0.6 is 0 Å². The molecule has 8 heteroatoms. The average Bonchev–Trinajstić information content (AvgIpc) is 2.64. The minimum absolute atomic E-state index is 0.0746. The van der Waals surface area contributed by atoms with Gasteiger partial charge in [0.15, 0.2) is 6.10 Å². The first kappa shape index (κ1) is 17.4. The number of nitrogens with zero attached hydrogens (tertiary/aromatic N) is 2. The molecule has 1 aromatic rings. The molecule has 1 atom stereocenters. The first-order valence-corrected chi connectivity index (χ1v) is 8.19. The summed E-state index contributed by atoms with van der Waals surface area (Å²) in [5.74, 6) is -0.0746. The predicted molar refractivity (Wildman–Crippen MR) is 92.0 cm³/mol. The number of carbonyl (C=O) groups is 1. The van der Waals surface area contributed by atoms with Crippen molar-refractivity contribution in [2.45, 2.75) is 19.4 Å². The van der Waals surface area contributed by atoms with Crippen LogP contribution < -0.4 is 5.73 Å². The van der Waals surface area contributed by atoms with Gasteiger partial charge in [-0.1, -0.05) is 6.08 Å². The summed E-state index contributed by atoms with van der Waals surface area (Å²) < 4.78 is 10.7. The van der Waals surface area contributed by atoms with Crippen LogP contribution in [0, 0.1) is 17.0 Å². The number of aryl methyl sites for hydroxylation is 1. The van der Waals surface area contributed by atoms with Crippen molar-refractivity contribution >= 4 is 22.9 Å². The fraction of sp³-hybridized carbons (Fsp3) is 0.471. The molecule has 0 aliphatic carbocycles. The quantitative estimate of drug-likeness (QED) is 0.504. The van der Waals surface area contributed by atoms with E-state index in [1.54, 1.807) is 11.8 Å². The maximum absolute atomic E-state index is 12.4. The molecule has 1 saturated heterocycles. The second-order valence-corrected chi connectivity index (χ2v) is 6.18. The van der Waals surface area contributed by atoms with E-state index in [4.69, 9.17) is 15.2 Å². The molecule has 1 unspecified atom stereocenters. The van der Waals surface area contributed by atoms with Crippen molar-refractivity contribution in [1.29, 1.82) is 0 Å². The Kier molecular flexibility index (Phi) is 5.00. The SMILES string of the molecule is Cc1cc(C2=CCN(C(=O)C3COCCO3)CC2)cc([N+](=O)[O-])c1N. The highest BCUT2D eigenvalue weighted by atomic mass is 16.6. The molecule has 0 saturated carbocycles. The van der Waals surface area contributed by atoms with Crippen molar-refractivity contribution in [3.05, 3.63) is 39.4 Å². The summed E-state index contributed by atoms with van der Waals surface area (Å²) in [5, 5.41) is 11.2. The van der Waals surface area contributed by atoms with E-state index < -0.39 is 11.0 Å². The Balaban J connectivity index is 1.75. The van der Waals surface area contributed by atoms with Crippen LogP contribution in [0.3, 0.4) is 0 Å². The van der Waals surface area contributed by atoms with Crippen molar-refractivity contribution in [3.8, 4) is 0 Å². The van der Waals surface area contributed by atoms with Crippen LogP contribution in [0.2, 0.25) is 0 Å². The molecule has 2 aliphatic rings. The lowest BCUT2D eigenvalue weighted by Crippen LogP contribution is -2.46. The van der Waals surface area contributed by atoms with Crippen LogP contribution in [0.15, 0.2) is 18.2 Å². The van der Waals surface area contributed by atoms with Gasteiger partial charge in [0.25, 0.3) is 11.6 Å². The van der Waals surface area contributed by atoms with Crippen LogP contribution in [0.25, 0.3) is 5.57 Å². The molecule has 1 amide bonds. The maximum atomic E-state index is 12.4. The highest BCUT2D eigenvalue weighted by Crippen LogP contribution is 2.32. The number of carbonyl (C=O) groups excluding carboxylic acids is 1. The largest absolute Gasteiger partial charge is 0.393 e. The van der Waals surface area contributed by atoms with Crippen molar-refractivity contribution in [2.75, 3.05) is 38.6 Å². The number of hydrogen-bond acceptors (Lipinski definition) is 6. The highest BCUT2D eigenvalue weighted by molar-refractivity contribution is 5.83. The zero-order chi connectivity index (χ0) is 18.0. The van der Waals surface area contributed by atoms with Crippen LogP contribution in [0.1, 0.15) is 17.5 Å². The average molecular weight is 347 g/mol. The number of nitrogens with two attached hydrogens (primary N) is 1. The van der Waals surface area contributed by atoms with E-state index >= 15 is 0 Å². The third-order valence-corrected chi connectivity index (χ3v) is 4.54. The molecule has 1 aromatic carbocycles. The Morgan fingerprint density at radius 2 is 2.20 bits per heavy atom. The first-order chi connectivity index (χ1) is 12.0. The molecule has 0 radical (unpaired) electrons. The van der Waals surface area contributed by atoms with Gasteiger partial charge in [0, 0.05) is 19.2 Å². The Bertz CT molecular complexity index is 725. The van der Waals surface area contributed by atoms with Crippen molar-refractivity contribution in [2.24, 2.45) is 0 Å². The number of nitro benzene ring substituents is 1. The molecule has 1 fully saturated rings. The van der Waals surface area contributed by atoms with Gasteiger partial charge in [0.05, 0.1) is 24.7 Å². The number of amides is 1. The number of hydrogen-bond donors (Lipinski definition) is 1. The number of ether oxygens (including phenoxy) is 2. The second-order valence-electron chi connectivity index (χ2n) is 6.18. The Morgan fingerprint density at radius 3 is 2.80 bits per heavy atom. The first-order valence-electron chi connectivity index (χ1n) is 8.19. The second kappa shape index (κ2) is 7.20. The lowest BCUT2D eigenvalue weighted by molar-refractivity contribution is -0.383. The molecular weight excluding hydrogens is 326 g/mol. The van der Waals surface area contributed by atoms with E-state index in [-0.39, 0.29) is 23.9 Å². The molecule has 2 aliphatic heterocycles. The minimum Gasteiger partial charge on any atom is -0.393 e. The number of nitro groups is 1. The lowest BCUT2D eigenvalue weighted by Gasteiger charge is -2.31. The summed E-state index contributed by atoms with van der Waals surface area (Å²) in [4.78, 5) is 24.8. The minimum atomic E-state index is -0.538. The maximum Gasteiger partial charge on any atom is 0.292 e. The normalized spacial score (nSPS) is 20.9. The molecular formula is C17H21N3O5. The number of nitrogen functional groups attached to an aromatic ring is 1. The number of benzene rings is 1. The van der Waals surface area contributed by atoms with Gasteiger partial charge in [-0.25, -0.2) is 0 Å². The highest BCUT2D eigenvalue weighted by Gasteiger charge is 2.29. The van der Waals surface area contributed by atoms with Crippen LogP contribution in [-0.2, 0) is 14.3 Å². The Hall–Kier alpha value is -2.45. The Morgan fingerprint density at radius 1 is 1.40 bits per heavy atom. The third-order valence-electron chi connectivity index (χ3n) is 4.54. The van der Waals surface area contributed by atoms with E-state index in [1.807, 2.05) is 12.1 Å². The summed E-state index contributed by atoms with van der Waals surface area (Å²) in [6.07, 6.45) is 2.02. The molecule has 8 nitrogen and oxygen atoms in total. The van der Waals surface area contributed by atoms with Gasteiger partial charge in [-0.05, 0) is 36.1 Å². The fourth-order valence-electron chi connectivity index (χ4n) is 3.08. The predicted octanol–water partition coefficient (Wildman–Crippen LogP) is 1.52. The summed E-state index contributed by atoms with van der Waals surface area (Å²) in [6, 6.07) is 3.35. The molecule has 2 N–H and O–H groups in total. The van der Waals surface area contributed by atoms with E-state index in [0.717, 1.165) is 11.1 Å². The molecule has 0 bridgehead atoms. The van der Waals surface area contributed by atoms with Crippen molar-refractivity contribution in [3.63, 3.8) is 0 Å². The van der Waals surface area contributed by atoms with Crippen molar-refractivity contribution in [1.82, 2.24) is 4.90 Å². The zero-order valence-corrected chi connectivity index (χ0v) is 14.1. The van der Waals surface area contributed by atoms with Crippen molar-refractivity contribution < 1.29 is 19.2 Å². The molecule has 0 aromatic heterocycles. The lowest BCUT2D eigenvalue weighted by atomic mass is 9.96.